The van der Waals surface area contributed by atoms with Crippen molar-refractivity contribution in [2.24, 2.45) is 5.73 Å². The van der Waals surface area contributed by atoms with Gasteiger partial charge in [-0.05, 0) is 12.1 Å². The number of anilines is 1. The number of carbonyl (C=O) groups excluding carboxylic acids is 1. The molecule has 2 aromatic rings. The predicted molar refractivity (Wildman–Crippen MR) is 71.8 cm³/mol. The van der Waals surface area contributed by atoms with Gasteiger partial charge in [0, 0.05) is 31.0 Å². The van der Waals surface area contributed by atoms with E-state index in [1.807, 2.05) is 0 Å². The average Bonchev–Trinajstić information content (AvgIpc) is 3.07. The van der Waals surface area contributed by atoms with Crippen LogP contribution in [0.15, 0.2) is 30.7 Å². The van der Waals surface area contributed by atoms with Crippen molar-refractivity contribution in [3.05, 3.63) is 36.4 Å². The number of hydrogen-bond donors (Lipinski definition) is 2. The summed E-state index contributed by atoms with van der Waals surface area (Å²) in [6, 6.07) is 5.23. The summed E-state index contributed by atoms with van der Waals surface area (Å²) in [5.41, 5.74) is 6.42. The Labute approximate surface area is 115 Å². The van der Waals surface area contributed by atoms with Gasteiger partial charge in [0.15, 0.2) is 11.5 Å². The van der Waals surface area contributed by atoms with Crippen molar-refractivity contribution in [2.45, 2.75) is 6.54 Å². The van der Waals surface area contributed by atoms with Crippen molar-refractivity contribution < 1.29 is 14.3 Å². The highest BCUT2D eigenvalue weighted by molar-refractivity contribution is 6.02. The predicted octanol–water partition coefficient (Wildman–Crippen LogP) is 0.823. The zero-order valence-electron chi connectivity index (χ0n) is 10.7. The average molecular weight is 274 g/mol. The normalized spacial score (nSPS) is 12.4. The van der Waals surface area contributed by atoms with E-state index in [0.717, 1.165) is 0 Å². The molecule has 0 radical (unpaired) electrons. The van der Waals surface area contributed by atoms with Crippen LogP contribution in [-0.2, 0) is 6.54 Å². The fraction of sp³-hybridized carbons (Fsp3) is 0.231. The van der Waals surface area contributed by atoms with Gasteiger partial charge in [-0.1, -0.05) is 0 Å². The highest BCUT2D eigenvalue weighted by Gasteiger charge is 2.15. The lowest BCUT2D eigenvalue weighted by Crippen LogP contribution is -2.12. The Kier molecular flexibility index (Phi) is 3.26. The Morgan fingerprint density at radius 3 is 3.10 bits per heavy atom. The van der Waals surface area contributed by atoms with Gasteiger partial charge in [-0.15, -0.1) is 0 Å². The smallest absolute Gasteiger partial charge is 0.275 e. The maximum Gasteiger partial charge on any atom is 0.275 e. The zero-order valence-corrected chi connectivity index (χ0v) is 10.7. The van der Waals surface area contributed by atoms with Crippen LogP contribution in [0.25, 0.3) is 0 Å². The molecule has 2 heterocycles. The third kappa shape index (κ3) is 2.43. The lowest BCUT2D eigenvalue weighted by Gasteiger charge is -2.04. The van der Waals surface area contributed by atoms with Crippen LogP contribution in [0, 0.1) is 0 Å². The number of carbonyl (C=O) groups is 1. The minimum absolute atomic E-state index is 0.205. The molecule has 0 aliphatic carbocycles. The molecular formula is C13H14N4O3. The van der Waals surface area contributed by atoms with Gasteiger partial charge in [0.25, 0.3) is 5.91 Å². The number of ether oxygens (including phenoxy) is 2. The molecule has 20 heavy (non-hydrogen) atoms. The van der Waals surface area contributed by atoms with Gasteiger partial charge in [0.1, 0.15) is 5.69 Å². The monoisotopic (exact) mass is 274 g/mol. The van der Waals surface area contributed by atoms with Crippen LogP contribution >= 0.6 is 0 Å². The summed E-state index contributed by atoms with van der Waals surface area (Å²) in [5, 5.41) is 2.76. The second-order valence-electron chi connectivity index (χ2n) is 4.31. The van der Waals surface area contributed by atoms with Crippen molar-refractivity contribution in [3.8, 4) is 11.5 Å². The van der Waals surface area contributed by atoms with E-state index in [1.165, 1.54) is 0 Å². The first-order valence-corrected chi connectivity index (χ1v) is 6.19. The lowest BCUT2D eigenvalue weighted by molar-refractivity contribution is 0.102. The highest BCUT2D eigenvalue weighted by atomic mass is 16.7. The Hall–Kier alpha value is -2.54. The minimum atomic E-state index is -0.278. The van der Waals surface area contributed by atoms with E-state index >= 15 is 0 Å². The third-order valence-electron chi connectivity index (χ3n) is 2.88. The number of aromatic nitrogens is 2. The lowest BCUT2D eigenvalue weighted by atomic mass is 10.2. The summed E-state index contributed by atoms with van der Waals surface area (Å²) >= 11 is 0. The SMILES string of the molecule is NCCn1cnc(C(=O)Nc2ccc3c(c2)OCO3)c1. The van der Waals surface area contributed by atoms with Crippen molar-refractivity contribution >= 4 is 11.6 Å². The van der Waals surface area contributed by atoms with Crippen LogP contribution in [0.1, 0.15) is 10.5 Å². The number of nitrogens with two attached hydrogens (primary N) is 1. The molecule has 0 fully saturated rings. The zero-order chi connectivity index (χ0) is 13.9. The van der Waals surface area contributed by atoms with Crippen molar-refractivity contribution in [1.29, 1.82) is 0 Å². The maximum atomic E-state index is 12.0. The van der Waals surface area contributed by atoms with Crippen molar-refractivity contribution in [2.75, 3.05) is 18.7 Å². The first-order chi connectivity index (χ1) is 9.76. The van der Waals surface area contributed by atoms with E-state index in [-0.39, 0.29) is 12.7 Å². The van der Waals surface area contributed by atoms with E-state index in [4.69, 9.17) is 15.2 Å². The number of rotatable bonds is 4. The highest BCUT2D eigenvalue weighted by Crippen LogP contribution is 2.34. The van der Waals surface area contributed by atoms with Crippen LogP contribution in [0.5, 0.6) is 11.5 Å². The number of benzene rings is 1. The molecule has 3 rings (SSSR count). The Bertz CT molecular complexity index is 638. The van der Waals surface area contributed by atoms with Gasteiger partial charge in [0.2, 0.25) is 6.79 Å². The van der Waals surface area contributed by atoms with E-state index in [0.29, 0.717) is 36.0 Å². The van der Waals surface area contributed by atoms with Gasteiger partial charge >= 0.3 is 0 Å². The molecule has 7 nitrogen and oxygen atoms in total. The summed E-state index contributed by atoms with van der Waals surface area (Å²) in [6.45, 7) is 1.33. The Balaban J connectivity index is 1.71. The van der Waals surface area contributed by atoms with Crippen LogP contribution in [0.2, 0.25) is 0 Å². The number of nitrogens with one attached hydrogen (secondary N) is 1. The standard InChI is InChI=1S/C13H14N4O3/c14-3-4-17-6-10(15-7-17)13(18)16-9-1-2-11-12(5-9)20-8-19-11/h1-2,5-7H,3-4,8,14H2,(H,16,18). The van der Waals surface area contributed by atoms with Gasteiger partial charge < -0.3 is 25.1 Å². The second-order valence-corrected chi connectivity index (χ2v) is 4.31. The van der Waals surface area contributed by atoms with E-state index in [2.05, 4.69) is 10.3 Å². The van der Waals surface area contributed by atoms with Gasteiger partial charge in [-0.3, -0.25) is 4.79 Å². The second kappa shape index (κ2) is 5.22. The van der Waals surface area contributed by atoms with Crippen LogP contribution in [0.4, 0.5) is 5.69 Å². The molecule has 1 aliphatic rings. The molecule has 3 N–H and O–H groups in total. The summed E-state index contributed by atoms with van der Waals surface area (Å²) in [6.07, 6.45) is 3.25. The summed E-state index contributed by atoms with van der Waals surface area (Å²) < 4.78 is 12.2. The number of amides is 1. The Morgan fingerprint density at radius 1 is 1.40 bits per heavy atom. The molecule has 7 heteroatoms. The molecular weight excluding hydrogens is 260 g/mol. The number of fused-ring (bicyclic) bond motifs is 1. The minimum Gasteiger partial charge on any atom is -0.454 e. The van der Waals surface area contributed by atoms with Gasteiger partial charge in [-0.2, -0.15) is 0 Å². The molecule has 0 bridgehead atoms. The molecule has 0 spiro atoms. The Morgan fingerprint density at radius 2 is 2.25 bits per heavy atom. The van der Waals surface area contributed by atoms with E-state index in [1.54, 1.807) is 35.3 Å². The summed E-state index contributed by atoms with van der Waals surface area (Å²) in [5.74, 6) is 1.02. The third-order valence-corrected chi connectivity index (χ3v) is 2.88. The van der Waals surface area contributed by atoms with Crippen molar-refractivity contribution in [1.82, 2.24) is 9.55 Å². The molecule has 1 amide bonds. The molecule has 0 saturated heterocycles. The molecule has 1 aliphatic heterocycles. The summed E-state index contributed by atoms with van der Waals surface area (Å²) in [4.78, 5) is 16.1. The van der Waals surface area contributed by atoms with Gasteiger partial charge in [0.05, 0.1) is 6.33 Å². The number of nitrogens with zero attached hydrogens (tertiary/aromatic N) is 2. The van der Waals surface area contributed by atoms with Gasteiger partial charge in [-0.25, -0.2) is 4.98 Å². The molecule has 1 aromatic heterocycles. The van der Waals surface area contributed by atoms with Crippen LogP contribution in [0.3, 0.4) is 0 Å². The van der Waals surface area contributed by atoms with Crippen molar-refractivity contribution in [3.63, 3.8) is 0 Å². The fourth-order valence-corrected chi connectivity index (χ4v) is 1.92. The molecule has 1 aromatic carbocycles. The summed E-state index contributed by atoms with van der Waals surface area (Å²) in [7, 11) is 0. The van der Waals surface area contributed by atoms with E-state index in [9.17, 15) is 4.79 Å². The van der Waals surface area contributed by atoms with Crippen LogP contribution < -0.4 is 20.5 Å². The molecule has 104 valence electrons. The van der Waals surface area contributed by atoms with E-state index < -0.39 is 0 Å². The first-order valence-electron chi connectivity index (χ1n) is 6.19. The van der Waals surface area contributed by atoms with Crippen LogP contribution in [-0.4, -0.2) is 28.8 Å². The number of hydrogen-bond acceptors (Lipinski definition) is 5. The first kappa shape index (κ1) is 12.5. The topological polar surface area (TPSA) is 91.4 Å². The molecule has 0 atom stereocenters. The quantitative estimate of drug-likeness (QED) is 0.861. The fourth-order valence-electron chi connectivity index (χ4n) is 1.92. The number of imidazole rings is 1. The maximum absolute atomic E-state index is 12.0. The molecule has 0 saturated carbocycles. The molecule has 0 unspecified atom stereocenters. The largest absolute Gasteiger partial charge is 0.454 e.